The Balaban J connectivity index is 2.25. The molecule has 1 aromatic carbocycles. The van der Waals surface area contributed by atoms with Crippen molar-refractivity contribution >= 4 is 17.4 Å². The van der Waals surface area contributed by atoms with Crippen molar-refractivity contribution in [3.05, 3.63) is 52.4 Å². The van der Waals surface area contributed by atoms with Crippen LogP contribution in [0.25, 0.3) is 0 Å². The fourth-order valence-electron chi connectivity index (χ4n) is 1.94. The van der Waals surface area contributed by atoms with E-state index in [1.54, 1.807) is 6.20 Å². The van der Waals surface area contributed by atoms with Gasteiger partial charge in [-0.3, -0.25) is 0 Å². The second kappa shape index (κ2) is 5.36. The summed E-state index contributed by atoms with van der Waals surface area (Å²) in [6.07, 6.45) is 3.08. The van der Waals surface area contributed by atoms with E-state index >= 15 is 0 Å². The van der Waals surface area contributed by atoms with Gasteiger partial charge in [0.05, 0.1) is 12.2 Å². The van der Waals surface area contributed by atoms with E-state index < -0.39 is 0 Å². The van der Waals surface area contributed by atoms with E-state index in [1.165, 1.54) is 23.0 Å². The number of hydrogen-bond donors (Lipinski definition) is 1. The third kappa shape index (κ3) is 2.62. The van der Waals surface area contributed by atoms with E-state index in [-0.39, 0.29) is 6.04 Å². The van der Waals surface area contributed by atoms with Crippen molar-refractivity contribution in [2.75, 3.05) is 5.32 Å². The van der Waals surface area contributed by atoms with Gasteiger partial charge >= 0.3 is 0 Å². The summed E-state index contributed by atoms with van der Waals surface area (Å²) in [7, 11) is 0. The lowest BCUT2D eigenvalue weighted by molar-refractivity contribution is 0.859. The first-order valence-corrected chi connectivity index (χ1v) is 6.25. The van der Waals surface area contributed by atoms with Gasteiger partial charge in [0, 0.05) is 0 Å². The predicted molar refractivity (Wildman–Crippen MR) is 75.0 cm³/mol. The van der Waals surface area contributed by atoms with Gasteiger partial charge in [-0.25, -0.2) is 9.97 Å². The zero-order chi connectivity index (χ0) is 13.1. The summed E-state index contributed by atoms with van der Waals surface area (Å²) in [5.74, 6) is 0.667. The van der Waals surface area contributed by atoms with Crippen LogP contribution in [0, 0.1) is 13.8 Å². The molecule has 0 radical (unpaired) electrons. The lowest BCUT2D eigenvalue weighted by Gasteiger charge is -2.18. The molecule has 0 aliphatic carbocycles. The molecular weight excluding hydrogens is 246 g/mol. The highest BCUT2D eigenvalue weighted by atomic mass is 35.5. The summed E-state index contributed by atoms with van der Waals surface area (Å²) in [5, 5.41) is 3.85. The molecule has 0 aliphatic rings. The fourth-order valence-corrected chi connectivity index (χ4v) is 2.10. The first-order chi connectivity index (χ1) is 8.59. The van der Waals surface area contributed by atoms with Crippen LogP contribution in [0.15, 0.2) is 30.7 Å². The van der Waals surface area contributed by atoms with Crippen LogP contribution in [0.1, 0.15) is 29.7 Å². The number of aryl methyl sites for hydroxylation is 1. The minimum atomic E-state index is 0.150. The molecule has 1 N–H and O–H groups in total. The van der Waals surface area contributed by atoms with Crippen LogP contribution in [-0.2, 0) is 0 Å². The quantitative estimate of drug-likeness (QED) is 0.910. The van der Waals surface area contributed by atoms with Gasteiger partial charge in [-0.2, -0.15) is 0 Å². The number of benzene rings is 1. The summed E-state index contributed by atoms with van der Waals surface area (Å²) in [6.45, 7) is 6.34. The molecule has 3 nitrogen and oxygen atoms in total. The Labute approximate surface area is 112 Å². The second-order valence-electron chi connectivity index (χ2n) is 4.37. The van der Waals surface area contributed by atoms with Crippen LogP contribution in [0.3, 0.4) is 0 Å². The molecule has 1 heterocycles. The Kier molecular flexibility index (Phi) is 3.82. The monoisotopic (exact) mass is 261 g/mol. The zero-order valence-electron chi connectivity index (χ0n) is 10.7. The molecule has 1 unspecified atom stereocenters. The molecule has 4 heteroatoms. The molecule has 0 saturated heterocycles. The van der Waals surface area contributed by atoms with E-state index in [1.807, 2.05) is 0 Å². The van der Waals surface area contributed by atoms with Crippen molar-refractivity contribution in [2.45, 2.75) is 26.8 Å². The van der Waals surface area contributed by atoms with Gasteiger partial charge in [0.2, 0.25) is 0 Å². The molecule has 0 saturated carbocycles. The summed E-state index contributed by atoms with van der Waals surface area (Å²) in [4.78, 5) is 8.02. The number of nitrogens with zero attached hydrogens (tertiary/aromatic N) is 2. The van der Waals surface area contributed by atoms with Crippen molar-refractivity contribution in [3.63, 3.8) is 0 Å². The van der Waals surface area contributed by atoms with Crippen molar-refractivity contribution in [1.82, 2.24) is 9.97 Å². The summed E-state index contributed by atoms with van der Waals surface area (Å²) in [6, 6.07) is 6.45. The van der Waals surface area contributed by atoms with E-state index in [0.717, 1.165) is 0 Å². The lowest BCUT2D eigenvalue weighted by atomic mass is 9.98. The SMILES string of the molecule is Cc1cccc(C(C)Nc2ncncc2Cl)c1C. The topological polar surface area (TPSA) is 37.8 Å². The molecule has 0 amide bonds. The number of nitrogens with one attached hydrogen (secondary N) is 1. The molecule has 2 rings (SSSR count). The van der Waals surface area contributed by atoms with Gasteiger partial charge < -0.3 is 5.32 Å². The van der Waals surface area contributed by atoms with E-state index in [0.29, 0.717) is 10.8 Å². The van der Waals surface area contributed by atoms with Gasteiger partial charge in [0.15, 0.2) is 0 Å². The minimum Gasteiger partial charge on any atom is -0.362 e. The van der Waals surface area contributed by atoms with Gasteiger partial charge in [-0.05, 0) is 37.5 Å². The number of halogens is 1. The van der Waals surface area contributed by atoms with E-state index in [4.69, 9.17) is 11.6 Å². The highest BCUT2D eigenvalue weighted by molar-refractivity contribution is 6.32. The van der Waals surface area contributed by atoms with Crippen molar-refractivity contribution in [1.29, 1.82) is 0 Å². The van der Waals surface area contributed by atoms with Crippen molar-refractivity contribution in [3.8, 4) is 0 Å². The Morgan fingerprint density at radius 2 is 2.06 bits per heavy atom. The zero-order valence-corrected chi connectivity index (χ0v) is 11.5. The van der Waals surface area contributed by atoms with Gasteiger partial charge in [-0.1, -0.05) is 29.8 Å². The molecule has 0 fully saturated rings. The summed E-state index contributed by atoms with van der Waals surface area (Å²) >= 11 is 6.04. The Hall–Kier alpha value is -1.61. The van der Waals surface area contributed by atoms with Crippen molar-refractivity contribution < 1.29 is 0 Å². The Bertz CT molecular complexity index is 554. The maximum atomic E-state index is 6.04. The molecule has 94 valence electrons. The minimum absolute atomic E-state index is 0.150. The van der Waals surface area contributed by atoms with Crippen LogP contribution >= 0.6 is 11.6 Å². The lowest BCUT2D eigenvalue weighted by Crippen LogP contribution is -2.10. The van der Waals surface area contributed by atoms with Crippen LogP contribution in [-0.4, -0.2) is 9.97 Å². The number of anilines is 1. The smallest absolute Gasteiger partial charge is 0.148 e. The second-order valence-corrected chi connectivity index (χ2v) is 4.78. The van der Waals surface area contributed by atoms with Crippen LogP contribution in [0.4, 0.5) is 5.82 Å². The van der Waals surface area contributed by atoms with E-state index in [2.05, 4.69) is 54.3 Å². The maximum Gasteiger partial charge on any atom is 0.148 e. The van der Waals surface area contributed by atoms with Crippen LogP contribution in [0.5, 0.6) is 0 Å². The largest absolute Gasteiger partial charge is 0.362 e. The van der Waals surface area contributed by atoms with E-state index in [9.17, 15) is 0 Å². The average Bonchev–Trinajstić information content (AvgIpc) is 2.35. The predicted octanol–water partition coefficient (Wildman–Crippen LogP) is 3.92. The molecule has 2 aromatic rings. The first kappa shape index (κ1) is 12.8. The Morgan fingerprint density at radius 3 is 2.78 bits per heavy atom. The third-order valence-electron chi connectivity index (χ3n) is 3.13. The molecule has 1 aromatic heterocycles. The summed E-state index contributed by atoms with van der Waals surface area (Å²) < 4.78 is 0. The van der Waals surface area contributed by atoms with Crippen LogP contribution in [0.2, 0.25) is 5.02 Å². The van der Waals surface area contributed by atoms with Crippen LogP contribution < -0.4 is 5.32 Å². The number of hydrogen-bond acceptors (Lipinski definition) is 3. The van der Waals surface area contributed by atoms with Gasteiger partial charge in [0.1, 0.15) is 17.2 Å². The van der Waals surface area contributed by atoms with Gasteiger partial charge in [-0.15, -0.1) is 0 Å². The highest BCUT2D eigenvalue weighted by Crippen LogP contribution is 2.25. The molecule has 0 bridgehead atoms. The summed E-state index contributed by atoms with van der Waals surface area (Å²) in [5.41, 5.74) is 3.84. The number of aromatic nitrogens is 2. The molecule has 0 spiro atoms. The average molecular weight is 262 g/mol. The first-order valence-electron chi connectivity index (χ1n) is 5.87. The highest BCUT2D eigenvalue weighted by Gasteiger charge is 2.11. The Morgan fingerprint density at radius 1 is 1.28 bits per heavy atom. The number of rotatable bonds is 3. The molecule has 1 atom stereocenters. The third-order valence-corrected chi connectivity index (χ3v) is 3.41. The fraction of sp³-hybridized carbons (Fsp3) is 0.286. The molecule has 0 aliphatic heterocycles. The normalized spacial score (nSPS) is 12.2. The standard InChI is InChI=1S/C14H16ClN3/c1-9-5-4-6-12(10(9)2)11(3)18-14-13(15)7-16-8-17-14/h4-8,11H,1-3H3,(H,16,17,18). The molecule has 18 heavy (non-hydrogen) atoms. The molecular formula is C14H16ClN3. The van der Waals surface area contributed by atoms with Crippen molar-refractivity contribution in [2.24, 2.45) is 0 Å². The van der Waals surface area contributed by atoms with Gasteiger partial charge in [0.25, 0.3) is 0 Å². The maximum absolute atomic E-state index is 6.04.